The molecular formula is C21H25NO2. The van der Waals surface area contributed by atoms with Crippen LogP contribution >= 0.6 is 0 Å². The third kappa shape index (κ3) is 2.22. The summed E-state index contributed by atoms with van der Waals surface area (Å²) in [5, 5.41) is 0. The molecule has 126 valence electrons. The molecule has 0 bridgehead atoms. The van der Waals surface area contributed by atoms with Gasteiger partial charge in [0.1, 0.15) is 11.5 Å². The largest absolute Gasteiger partial charge is 0.496 e. The van der Waals surface area contributed by atoms with Crippen LogP contribution in [0, 0.1) is 0 Å². The summed E-state index contributed by atoms with van der Waals surface area (Å²) in [4.78, 5) is 2.65. The van der Waals surface area contributed by atoms with E-state index in [1.165, 1.54) is 34.2 Å². The predicted octanol–water partition coefficient (Wildman–Crippen LogP) is 4.24. The van der Waals surface area contributed by atoms with Crippen LogP contribution in [0.2, 0.25) is 0 Å². The first-order chi connectivity index (χ1) is 11.8. The Morgan fingerprint density at radius 2 is 1.88 bits per heavy atom. The number of rotatable bonds is 4. The normalized spacial score (nSPS) is 18.7. The fourth-order valence-corrected chi connectivity index (χ4v) is 4.49. The maximum absolute atomic E-state index is 5.70. The molecule has 0 saturated heterocycles. The third-order valence-corrected chi connectivity index (χ3v) is 5.49. The lowest BCUT2D eigenvalue weighted by Crippen LogP contribution is -2.39. The quantitative estimate of drug-likeness (QED) is 0.840. The van der Waals surface area contributed by atoms with Crippen LogP contribution in [0.5, 0.6) is 11.5 Å². The highest BCUT2D eigenvalue weighted by molar-refractivity contribution is 5.82. The molecule has 1 atom stereocenters. The highest BCUT2D eigenvalue weighted by Gasteiger charge is 2.36. The first kappa shape index (κ1) is 15.5. The molecule has 1 heterocycles. The average Bonchev–Trinajstić information content (AvgIpc) is 2.63. The van der Waals surface area contributed by atoms with Gasteiger partial charge in [0, 0.05) is 23.7 Å². The van der Waals surface area contributed by atoms with Crippen LogP contribution in [0.4, 0.5) is 0 Å². The summed E-state index contributed by atoms with van der Waals surface area (Å²) in [6.45, 7) is 4.57. The molecule has 0 radical (unpaired) electrons. The molecule has 0 unspecified atom stereocenters. The van der Waals surface area contributed by atoms with Crippen LogP contribution < -0.4 is 9.47 Å². The number of methoxy groups -OCH3 is 2. The van der Waals surface area contributed by atoms with Crippen molar-refractivity contribution in [2.45, 2.75) is 32.2 Å². The molecule has 0 fully saturated rings. The molecule has 0 amide bonds. The van der Waals surface area contributed by atoms with Crippen LogP contribution in [-0.2, 0) is 12.8 Å². The molecule has 4 rings (SSSR count). The van der Waals surface area contributed by atoms with Gasteiger partial charge in [-0.05, 0) is 54.6 Å². The summed E-state index contributed by atoms with van der Waals surface area (Å²) in [6, 6.07) is 11.3. The molecule has 0 spiro atoms. The summed E-state index contributed by atoms with van der Waals surface area (Å²) in [5.41, 5.74) is 6.85. The Morgan fingerprint density at radius 1 is 1.08 bits per heavy atom. The van der Waals surface area contributed by atoms with Gasteiger partial charge in [0.25, 0.3) is 0 Å². The lowest BCUT2D eigenvalue weighted by atomic mass is 9.76. The van der Waals surface area contributed by atoms with Crippen molar-refractivity contribution in [3.05, 3.63) is 47.0 Å². The minimum Gasteiger partial charge on any atom is -0.496 e. The van der Waals surface area contributed by atoms with Gasteiger partial charge in [-0.15, -0.1) is 0 Å². The van der Waals surface area contributed by atoms with Crippen molar-refractivity contribution in [1.29, 1.82) is 0 Å². The molecule has 3 heteroatoms. The zero-order chi connectivity index (χ0) is 16.7. The topological polar surface area (TPSA) is 21.7 Å². The van der Waals surface area contributed by atoms with Crippen molar-refractivity contribution in [3.8, 4) is 22.6 Å². The maximum atomic E-state index is 5.70. The van der Waals surface area contributed by atoms with Gasteiger partial charge in [0.2, 0.25) is 0 Å². The van der Waals surface area contributed by atoms with Gasteiger partial charge in [-0.25, -0.2) is 0 Å². The Balaban J connectivity index is 1.96. The van der Waals surface area contributed by atoms with Crippen molar-refractivity contribution in [1.82, 2.24) is 4.90 Å². The average molecular weight is 323 g/mol. The van der Waals surface area contributed by atoms with Gasteiger partial charge in [-0.3, -0.25) is 4.90 Å². The predicted molar refractivity (Wildman–Crippen MR) is 97.0 cm³/mol. The van der Waals surface area contributed by atoms with Gasteiger partial charge in [0.15, 0.2) is 0 Å². The smallest absolute Gasteiger partial charge is 0.127 e. The van der Waals surface area contributed by atoms with Gasteiger partial charge in [0.05, 0.1) is 14.2 Å². The van der Waals surface area contributed by atoms with Crippen molar-refractivity contribution < 1.29 is 9.47 Å². The molecule has 1 aliphatic heterocycles. The van der Waals surface area contributed by atoms with Crippen molar-refractivity contribution >= 4 is 0 Å². The van der Waals surface area contributed by atoms with Crippen LogP contribution in [0.1, 0.15) is 36.1 Å². The van der Waals surface area contributed by atoms with E-state index >= 15 is 0 Å². The van der Waals surface area contributed by atoms with E-state index in [2.05, 4.69) is 30.0 Å². The Labute approximate surface area is 144 Å². The van der Waals surface area contributed by atoms with Gasteiger partial charge in [-0.1, -0.05) is 25.1 Å². The fourth-order valence-electron chi connectivity index (χ4n) is 4.49. The third-order valence-electron chi connectivity index (χ3n) is 5.49. The first-order valence-electron chi connectivity index (χ1n) is 8.88. The molecule has 2 aliphatic rings. The van der Waals surface area contributed by atoms with E-state index in [0.717, 1.165) is 37.4 Å². The molecule has 0 aromatic heterocycles. The van der Waals surface area contributed by atoms with E-state index < -0.39 is 0 Å². The minimum atomic E-state index is 0.457. The standard InChI is InChI=1S/C21H25NO2/c1-4-11-22-12-10-14-6-5-7-15-20(14)17(22)13-16-18(23-2)8-9-19(24-3)21(15)16/h5-9,17H,4,10-13H2,1-3H3/t17-/m1/s1. The molecule has 3 nitrogen and oxygen atoms in total. The molecular weight excluding hydrogens is 298 g/mol. The highest BCUT2D eigenvalue weighted by atomic mass is 16.5. The number of ether oxygens (including phenoxy) is 2. The first-order valence-corrected chi connectivity index (χ1v) is 8.88. The number of hydrogen-bond donors (Lipinski definition) is 0. The van der Waals surface area contributed by atoms with E-state index in [1.54, 1.807) is 14.2 Å². The van der Waals surface area contributed by atoms with E-state index in [1.807, 2.05) is 12.1 Å². The highest BCUT2D eigenvalue weighted by Crippen LogP contribution is 2.50. The summed E-state index contributed by atoms with van der Waals surface area (Å²) in [7, 11) is 3.52. The fraction of sp³-hybridized carbons (Fsp3) is 0.429. The minimum absolute atomic E-state index is 0.457. The summed E-state index contributed by atoms with van der Waals surface area (Å²) >= 11 is 0. The Hall–Kier alpha value is -2.00. The van der Waals surface area contributed by atoms with Crippen molar-refractivity contribution in [2.24, 2.45) is 0 Å². The number of fused-ring (bicyclic) bond motifs is 2. The van der Waals surface area contributed by atoms with Crippen LogP contribution in [0.15, 0.2) is 30.3 Å². The lowest BCUT2D eigenvalue weighted by molar-refractivity contribution is 0.182. The summed E-state index contributed by atoms with van der Waals surface area (Å²) in [6.07, 6.45) is 3.33. The number of benzene rings is 2. The Bertz CT molecular complexity index is 769. The molecule has 24 heavy (non-hydrogen) atoms. The van der Waals surface area contributed by atoms with Crippen molar-refractivity contribution in [3.63, 3.8) is 0 Å². The van der Waals surface area contributed by atoms with Gasteiger partial charge >= 0.3 is 0 Å². The molecule has 1 aliphatic carbocycles. The maximum Gasteiger partial charge on any atom is 0.127 e. The molecule has 0 saturated carbocycles. The van der Waals surface area contributed by atoms with Crippen molar-refractivity contribution in [2.75, 3.05) is 27.3 Å². The van der Waals surface area contributed by atoms with E-state index in [-0.39, 0.29) is 0 Å². The lowest BCUT2D eigenvalue weighted by Gasteiger charge is -2.42. The molecule has 0 N–H and O–H groups in total. The van der Waals surface area contributed by atoms with Crippen LogP contribution in [-0.4, -0.2) is 32.2 Å². The number of hydrogen-bond acceptors (Lipinski definition) is 3. The second-order valence-electron chi connectivity index (χ2n) is 6.71. The van der Waals surface area contributed by atoms with E-state index in [9.17, 15) is 0 Å². The summed E-state index contributed by atoms with van der Waals surface area (Å²) < 4.78 is 11.4. The second kappa shape index (κ2) is 6.14. The Morgan fingerprint density at radius 3 is 2.62 bits per heavy atom. The molecule has 2 aromatic rings. The van der Waals surface area contributed by atoms with Crippen LogP contribution in [0.25, 0.3) is 11.1 Å². The number of nitrogens with zero attached hydrogens (tertiary/aromatic N) is 1. The van der Waals surface area contributed by atoms with Crippen LogP contribution in [0.3, 0.4) is 0 Å². The van der Waals surface area contributed by atoms with Gasteiger partial charge in [-0.2, -0.15) is 0 Å². The Kier molecular flexibility index (Phi) is 3.97. The second-order valence-corrected chi connectivity index (χ2v) is 6.71. The molecule has 2 aromatic carbocycles. The SMILES string of the molecule is CCCN1CCc2cccc3c2[C@H]1Cc1c(OC)ccc(OC)c1-3. The summed E-state index contributed by atoms with van der Waals surface area (Å²) in [5.74, 6) is 1.93. The monoisotopic (exact) mass is 323 g/mol. The zero-order valence-electron chi connectivity index (χ0n) is 14.8. The zero-order valence-corrected chi connectivity index (χ0v) is 14.8. The van der Waals surface area contributed by atoms with E-state index in [4.69, 9.17) is 9.47 Å². The van der Waals surface area contributed by atoms with Gasteiger partial charge < -0.3 is 9.47 Å². The van der Waals surface area contributed by atoms with E-state index in [0.29, 0.717) is 6.04 Å².